The number of carbonyl (C=O) groups is 2. The van der Waals surface area contributed by atoms with Crippen LogP contribution in [0.15, 0.2) is 84.9 Å². The first-order valence-electron chi connectivity index (χ1n) is 19.3. The summed E-state index contributed by atoms with van der Waals surface area (Å²) in [6.07, 6.45) is 0. The Bertz CT molecular complexity index is 1780. The zero-order valence-corrected chi connectivity index (χ0v) is 35.7. The number of benzene rings is 4. The van der Waals surface area contributed by atoms with Crippen LogP contribution < -0.4 is 15.1 Å². The van der Waals surface area contributed by atoms with Crippen molar-refractivity contribution in [1.82, 2.24) is 9.80 Å². The molecule has 0 aromatic heterocycles. The first-order valence-corrected chi connectivity index (χ1v) is 25.5. The van der Waals surface area contributed by atoms with E-state index in [-0.39, 0.29) is 22.9 Å². The molecule has 1 aliphatic heterocycles. The molecule has 4 aromatic rings. The lowest BCUT2D eigenvalue weighted by Gasteiger charge is -2.40. The lowest BCUT2D eigenvalue weighted by molar-refractivity contribution is 0.0765. The second kappa shape index (κ2) is 15.2. The number of nitrogens with zero attached hydrogens (tertiary/aromatic N) is 2. The Balaban J connectivity index is 1.81. The van der Waals surface area contributed by atoms with Crippen molar-refractivity contribution >= 4 is 38.3 Å². The number of hydrogen-bond donors (Lipinski definition) is 0. The van der Waals surface area contributed by atoms with Crippen molar-refractivity contribution < 1.29 is 14.3 Å². The SMILES string of the molecule is CCN(CC)C(=O)c1c([C@H](C)[Si](C)(C)c2ccccc2)ccc2c1Oc1c(ccc([C@H](C)[Si](C)(C)c3ccccc3)c1C(=O)N(CC)CC)C2(C)C. The van der Waals surface area contributed by atoms with Gasteiger partial charge in [0.2, 0.25) is 0 Å². The van der Waals surface area contributed by atoms with Crippen LogP contribution in [0, 0.1) is 0 Å². The summed E-state index contributed by atoms with van der Waals surface area (Å²) in [7, 11) is -4.24. The van der Waals surface area contributed by atoms with E-state index in [4.69, 9.17) is 4.74 Å². The van der Waals surface area contributed by atoms with Gasteiger partial charge in [0.05, 0.1) is 27.3 Å². The third kappa shape index (κ3) is 6.71. The number of hydrogen-bond acceptors (Lipinski definition) is 3. The van der Waals surface area contributed by atoms with Crippen LogP contribution in [0.4, 0.5) is 0 Å². The maximum absolute atomic E-state index is 14.9. The largest absolute Gasteiger partial charge is 0.455 e. The Morgan fingerprint density at radius 1 is 0.577 bits per heavy atom. The van der Waals surface area contributed by atoms with Crippen molar-refractivity contribution in [2.24, 2.45) is 0 Å². The molecule has 276 valence electrons. The molecule has 7 heteroatoms. The van der Waals surface area contributed by atoms with Gasteiger partial charge in [-0.3, -0.25) is 9.59 Å². The van der Waals surface area contributed by atoms with Crippen molar-refractivity contribution in [3.05, 3.63) is 118 Å². The van der Waals surface area contributed by atoms with Crippen molar-refractivity contribution in [1.29, 1.82) is 0 Å². The summed E-state index contributed by atoms with van der Waals surface area (Å²) >= 11 is 0. The van der Waals surface area contributed by atoms with Crippen molar-refractivity contribution in [3.63, 3.8) is 0 Å². The van der Waals surface area contributed by atoms with E-state index in [9.17, 15) is 9.59 Å². The van der Waals surface area contributed by atoms with Crippen LogP contribution in [0.25, 0.3) is 0 Å². The third-order valence-electron chi connectivity index (χ3n) is 12.6. The Labute approximate surface area is 315 Å². The predicted octanol–water partition coefficient (Wildman–Crippen LogP) is 9.60. The second-order valence-corrected chi connectivity index (χ2v) is 25.9. The molecule has 0 N–H and O–H groups in total. The van der Waals surface area contributed by atoms with E-state index in [0.29, 0.717) is 48.8 Å². The number of rotatable bonds is 12. The Hall–Kier alpha value is -3.95. The lowest BCUT2D eigenvalue weighted by atomic mass is 9.73. The van der Waals surface area contributed by atoms with Gasteiger partial charge in [0.15, 0.2) is 0 Å². The summed E-state index contributed by atoms with van der Waals surface area (Å²) in [5, 5.41) is 2.70. The molecular weight excluding hydrogens is 673 g/mol. The maximum atomic E-state index is 14.9. The van der Waals surface area contributed by atoms with Gasteiger partial charge in [0.25, 0.3) is 11.8 Å². The van der Waals surface area contributed by atoms with Gasteiger partial charge in [-0.05, 0) is 49.9 Å². The minimum atomic E-state index is -2.12. The average molecular weight is 733 g/mol. The Kier molecular flexibility index (Phi) is 11.5. The molecule has 0 saturated carbocycles. The van der Waals surface area contributed by atoms with Gasteiger partial charge in [0, 0.05) is 42.7 Å². The molecular formula is C45H60N2O3Si2. The second-order valence-electron chi connectivity index (χ2n) is 16.1. The monoisotopic (exact) mass is 732 g/mol. The van der Waals surface area contributed by atoms with E-state index < -0.39 is 21.6 Å². The predicted molar refractivity (Wildman–Crippen MR) is 224 cm³/mol. The zero-order valence-electron chi connectivity index (χ0n) is 33.7. The van der Waals surface area contributed by atoms with E-state index in [2.05, 4.69) is 139 Å². The number of amides is 2. The molecule has 1 heterocycles. The molecule has 1 aliphatic rings. The fourth-order valence-corrected chi connectivity index (χ4v) is 13.3. The number of ether oxygens (including phenoxy) is 1. The van der Waals surface area contributed by atoms with Gasteiger partial charge in [-0.1, -0.05) is 149 Å². The Morgan fingerprint density at radius 3 is 1.21 bits per heavy atom. The van der Waals surface area contributed by atoms with Crippen molar-refractivity contribution in [2.45, 2.75) is 98.1 Å². The van der Waals surface area contributed by atoms with Crippen LogP contribution in [0.5, 0.6) is 11.5 Å². The van der Waals surface area contributed by atoms with Crippen LogP contribution >= 0.6 is 0 Å². The van der Waals surface area contributed by atoms with E-state index >= 15 is 0 Å². The van der Waals surface area contributed by atoms with Gasteiger partial charge in [0.1, 0.15) is 11.5 Å². The van der Waals surface area contributed by atoms with Crippen LogP contribution in [0.1, 0.15) is 109 Å². The molecule has 0 spiro atoms. The maximum Gasteiger partial charge on any atom is 0.257 e. The minimum absolute atomic E-state index is 0.0143. The molecule has 4 aromatic carbocycles. The Morgan fingerprint density at radius 2 is 0.904 bits per heavy atom. The molecule has 0 fully saturated rings. The van der Waals surface area contributed by atoms with E-state index in [1.54, 1.807) is 0 Å². The summed E-state index contributed by atoms with van der Waals surface area (Å²) in [6, 6.07) is 30.3. The van der Waals surface area contributed by atoms with E-state index in [1.165, 1.54) is 10.4 Å². The number of carbonyl (C=O) groups excluding carboxylic acids is 2. The fourth-order valence-electron chi connectivity index (χ4n) is 8.15. The van der Waals surface area contributed by atoms with Gasteiger partial charge in [-0.2, -0.15) is 0 Å². The lowest BCUT2D eigenvalue weighted by Crippen LogP contribution is -2.47. The number of fused-ring (bicyclic) bond motifs is 2. The fraction of sp³-hybridized carbons (Fsp3) is 0.422. The van der Waals surface area contributed by atoms with Gasteiger partial charge >= 0.3 is 0 Å². The standard InChI is InChI=1S/C45H60N2O3Si2/c1-13-46(14-2)43(48)39-35(31(5)51(9,10)33-23-19-17-20-24-33)27-29-37-41(39)50-42-38(45(37,7)8)30-28-36(40(42)44(49)47(15-3)16-4)32(6)52(11,12)34-25-21-18-22-26-34/h17-32H,13-16H2,1-12H3/t31-,32-/m0/s1. The van der Waals surface area contributed by atoms with Crippen molar-refractivity contribution in [3.8, 4) is 11.5 Å². The topological polar surface area (TPSA) is 49.9 Å². The van der Waals surface area contributed by atoms with E-state index in [1.807, 2.05) is 37.5 Å². The zero-order chi connectivity index (χ0) is 38.2. The molecule has 0 unspecified atom stereocenters. The highest BCUT2D eigenvalue weighted by atomic mass is 28.3. The van der Waals surface area contributed by atoms with Crippen LogP contribution in [0.3, 0.4) is 0 Å². The molecule has 5 rings (SSSR count). The van der Waals surface area contributed by atoms with E-state index in [0.717, 1.165) is 22.3 Å². The molecule has 0 bridgehead atoms. The summed E-state index contributed by atoms with van der Waals surface area (Å²) in [5.41, 5.74) is 4.99. The van der Waals surface area contributed by atoms with Gasteiger partial charge in [-0.15, -0.1) is 0 Å². The first kappa shape index (κ1) is 39.3. The highest BCUT2D eigenvalue weighted by Crippen LogP contribution is 2.53. The minimum Gasteiger partial charge on any atom is -0.455 e. The van der Waals surface area contributed by atoms with Crippen molar-refractivity contribution in [2.75, 3.05) is 26.2 Å². The molecule has 0 aliphatic carbocycles. The molecule has 5 nitrogen and oxygen atoms in total. The summed E-state index contributed by atoms with van der Waals surface area (Å²) < 4.78 is 7.25. The van der Waals surface area contributed by atoms with Crippen LogP contribution in [0.2, 0.25) is 26.2 Å². The molecule has 2 amide bonds. The summed E-state index contributed by atoms with van der Waals surface area (Å²) in [4.78, 5) is 33.5. The molecule has 2 atom stereocenters. The average Bonchev–Trinajstić information content (AvgIpc) is 3.14. The highest BCUT2D eigenvalue weighted by molar-refractivity contribution is 6.91. The quantitative estimate of drug-likeness (QED) is 0.136. The summed E-state index contributed by atoms with van der Waals surface area (Å²) in [5.74, 6) is 1.18. The van der Waals surface area contributed by atoms with Crippen LogP contribution in [-0.4, -0.2) is 63.9 Å². The molecule has 0 radical (unpaired) electrons. The smallest absolute Gasteiger partial charge is 0.257 e. The van der Waals surface area contributed by atoms with Gasteiger partial charge in [-0.25, -0.2) is 0 Å². The van der Waals surface area contributed by atoms with Gasteiger partial charge < -0.3 is 14.5 Å². The molecule has 0 saturated heterocycles. The highest BCUT2D eigenvalue weighted by Gasteiger charge is 2.44. The van der Waals surface area contributed by atoms with Crippen LogP contribution in [-0.2, 0) is 5.41 Å². The summed E-state index contributed by atoms with van der Waals surface area (Å²) in [6.45, 7) is 29.1. The third-order valence-corrected chi connectivity index (χ3v) is 21.2. The molecule has 52 heavy (non-hydrogen) atoms. The normalized spacial score (nSPS) is 14.8. The first-order chi connectivity index (χ1) is 24.6.